The topological polar surface area (TPSA) is 115 Å². The molecule has 0 radical (unpaired) electrons. The third kappa shape index (κ3) is 5.62. The van der Waals surface area contributed by atoms with Gasteiger partial charge >= 0.3 is 0 Å². The van der Waals surface area contributed by atoms with Crippen LogP contribution in [0.1, 0.15) is 22.3 Å². The first-order valence-electron chi connectivity index (χ1n) is 13.3. The van der Waals surface area contributed by atoms with E-state index in [4.69, 9.17) is 23.9 Å². The molecule has 3 N–H and O–H groups in total. The Morgan fingerprint density at radius 3 is 2.37 bits per heavy atom. The third-order valence-corrected chi connectivity index (χ3v) is 7.17. The van der Waals surface area contributed by atoms with Gasteiger partial charge in [-0.15, -0.1) is 0 Å². The predicted molar refractivity (Wildman–Crippen MR) is 158 cm³/mol. The maximum atomic E-state index is 13.9. The van der Waals surface area contributed by atoms with Crippen LogP contribution >= 0.6 is 0 Å². The van der Waals surface area contributed by atoms with Crippen molar-refractivity contribution in [2.45, 2.75) is 18.9 Å². The first-order chi connectivity index (χ1) is 20.0. The van der Waals surface area contributed by atoms with Crippen LogP contribution in [0, 0.1) is 0 Å². The molecule has 1 atom stereocenters. The van der Waals surface area contributed by atoms with Gasteiger partial charge in [0.15, 0.2) is 11.5 Å². The molecule has 5 rings (SSSR count). The Morgan fingerprint density at radius 1 is 0.927 bits per heavy atom. The summed E-state index contributed by atoms with van der Waals surface area (Å²) in [7, 11) is 6.23. The highest BCUT2D eigenvalue weighted by Crippen LogP contribution is 2.41. The number of ether oxygens (including phenoxy) is 4. The molecule has 1 amide bonds. The van der Waals surface area contributed by atoms with E-state index in [0.29, 0.717) is 63.6 Å². The fourth-order valence-corrected chi connectivity index (χ4v) is 5.11. The van der Waals surface area contributed by atoms with Gasteiger partial charge in [0.1, 0.15) is 5.75 Å². The number of aliphatic hydroxyl groups is 1. The highest BCUT2D eigenvalue weighted by molar-refractivity contribution is 6.07. The molecule has 2 aromatic heterocycles. The second kappa shape index (κ2) is 12.2. The second-order valence-corrected chi connectivity index (χ2v) is 9.60. The molecule has 0 saturated carbocycles. The van der Waals surface area contributed by atoms with Crippen LogP contribution in [0.5, 0.6) is 23.0 Å². The summed E-state index contributed by atoms with van der Waals surface area (Å²) in [4.78, 5) is 22.1. The van der Waals surface area contributed by atoms with Gasteiger partial charge in [0.05, 0.1) is 45.2 Å². The fraction of sp³-hybridized carbons (Fsp3) is 0.250. The van der Waals surface area contributed by atoms with Crippen LogP contribution in [0.15, 0.2) is 66.9 Å². The Morgan fingerprint density at radius 2 is 1.68 bits per heavy atom. The van der Waals surface area contributed by atoms with Gasteiger partial charge in [0.2, 0.25) is 5.75 Å². The lowest BCUT2D eigenvalue weighted by atomic mass is 10.00. The zero-order valence-electron chi connectivity index (χ0n) is 23.5. The molecule has 5 aromatic rings. The van der Waals surface area contributed by atoms with Gasteiger partial charge in [0, 0.05) is 40.7 Å². The number of H-pyrrole nitrogens is 1. The summed E-state index contributed by atoms with van der Waals surface area (Å²) in [6.45, 7) is -0.0606. The number of nitrogens with one attached hydrogen (secondary N) is 2. The molecular weight excluding hydrogens is 522 g/mol. The van der Waals surface area contributed by atoms with Crippen LogP contribution in [0.3, 0.4) is 0 Å². The zero-order chi connectivity index (χ0) is 28.9. The van der Waals surface area contributed by atoms with E-state index in [9.17, 15) is 9.90 Å². The van der Waals surface area contributed by atoms with Crippen LogP contribution in [-0.4, -0.2) is 62.1 Å². The lowest BCUT2D eigenvalue weighted by molar-refractivity contribution is 0.0932. The Hall–Kier alpha value is -4.76. The Bertz CT molecular complexity index is 1670. The van der Waals surface area contributed by atoms with Gasteiger partial charge in [-0.05, 0) is 60.9 Å². The number of para-hydroxylation sites is 1. The number of aromatic amines is 1. The Labute approximate surface area is 238 Å². The average Bonchev–Trinajstić information content (AvgIpc) is 3.41. The van der Waals surface area contributed by atoms with Gasteiger partial charge in [-0.1, -0.05) is 18.2 Å². The molecular formula is C32H33N3O6. The summed E-state index contributed by atoms with van der Waals surface area (Å²) in [6.07, 6.45) is 2.91. The summed E-state index contributed by atoms with van der Waals surface area (Å²) in [5.74, 6) is 1.75. The minimum Gasteiger partial charge on any atom is -0.497 e. The third-order valence-electron chi connectivity index (χ3n) is 7.17. The van der Waals surface area contributed by atoms with Crippen molar-refractivity contribution in [1.29, 1.82) is 0 Å². The van der Waals surface area contributed by atoms with Crippen molar-refractivity contribution in [3.05, 3.63) is 78.0 Å². The largest absolute Gasteiger partial charge is 0.497 e. The SMILES string of the molecule is COc1ccc2nc(-c3cc(OC)c(OC)c(OC)c3)cc(C(=O)N[C@@H](CCO)Cc3c[nH]c4ccccc34)c2c1. The average molecular weight is 556 g/mol. The van der Waals surface area contributed by atoms with E-state index in [1.165, 1.54) is 0 Å². The number of carbonyl (C=O) groups is 1. The van der Waals surface area contributed by atoms with Gasteiger partial charge in [-0.2, -0.15) is 0 Å². The molecule has 0 aliphatic rings. The maximum Gasteiger partial charge on any atom is 0.252 e. The molecule has 0 saturated heterocycles. The fourth-order valence-electron chi connectivity index (χ4n) is 5.11. The number of aliphatic hydroxyl groups excluding tert-OH is 1. The lowest BCUT2D eigenvalue weighted by Crippen LogP contribution is -2.37. The number of carbonyl (C=O) groups excluding carboxylic acids is 1. The molecule has 3 aromatic carbocycles. The van der Waals surface area contributed by atoms with Crippen molar-refractivity contribution < 1.29 is 28.8 Å². The summed E-state index contributed by atoms with van der Waals surface area (Å²) in [6, 6.07) is 18.5. The quantitative estimate of drug-likeness (QED) is 0.207. The van der Waals surface area contributed by atoms with Crippen molar-refractivity contribution in [2.24, 2.45) is 0 Å². The van der Waals surface area contributed by atoms with E-state index in [1.54, 1.807) is 52.7 Å². The van der Waals surface area contributed by atoms with E-state index in [0.717, 1.165) is 16.5 Å². The summed E-state index contributed by atoms with van der Waals surface area (Å²) >= 11 is 0. The van der Waals surface area contributed by atoms with Crippen molar-refractivity contribution in [3.63, 3.8) is 0 Å². The molecule has 0 spiro atoms. The number of hydrogen-bond donors (Lipinski definition) is 3. The first kappa shape index (κ1) is 27.8. The number of fused-ring (bicyclic) bond motifs is 2. The lowest BCUT2D eigenvalue weighted by Gasteiger charge is -2.19. The molecule has 0 aliphatic carbocycles. The second-order valence-electron chi connectivity index (χ2n) is 9.60. The van der Waals surface area contributed by atoms with Crippen molar-refractivity contribution >= 4 is 27.7 Å². The smallest absolute Gasteiger partial charge is 0.252 e. The molecule has 0 unspecified atom stereocenters. The highest BCUT2D eigenvalue weighted by atomic mass is 16.5. The molecule has 2 heterocycles. The van der Waals surface area contributed by atoms with E-state index in [-0.39, 0.29) is 18.6 Å². The van der Waals surface area contributed by atoms with Gasteiger partial charge in [-0.3, -0.25) is 4.79 Å². The molecule has 0 fully saturated rings. The highest BCUT2D eigenvalue weighted by Gasteiger charge is 2.21. The van der Waals surface area contributed by atoms with Crippen LogP contribution in [-0.2, 0) is 6.42 Å². The van der Waals surface area contributed by atoms with E-state index < -0.39 is 0 Å². The van der Waals surface area contributed by atoms with Crippen LogP contribution in [0.25, 0.3) is 33.1 Å². The van der Waals surface area contributed by atoms with Gasteiger partial charge in [-0.25, -0.2) is 4.98 Å². The molecule has 9 nitrogen and oxygen atoms in total. The minimum atomic E-state index is -0.301. The number of rotatable bonds is 11. The van der Waals surface area contributed by atoms with Crippen molar-refractivity contribution in [3.8, 4) is 34.3 Å². The molecule has 0 aliphatic heterocycles. The van der Waals surface area contributed by atoms with E-state index in [2.05, 4.69) is 10.3 Å². The Kier molecular flexibility index (Phi) is 8.26. The van der Waals surface area contributed by atoms with Crippen LogP contribution in [0.4, 0.5) is 0 Å². The molecule has 212 valence electrons. The van der Waals surface area contributed by atoms with Crippen LogP contribution in [0.2, 0.25) is 0 Å². The Balaban J connectivity index is 1.56. The zero-order valence-corrected chi connectivity index (χ0v) is 23.5. The van der Waals surface area contributed by atoms with E-state index in [1.807, 2.05) is 42.6 Å². The predicted octanol–water partition coefficient (Wildman–Crippen LogP) is 5.14. The maximum absolute atomic E-state index is 13.9. The molecule has 0 bridgehead atoms. The normalized spacial score (nSPS) is 11.8. The first-order valence-corrected chi connectivity index (χ1v) is 13.3. The number of amides is 1. The molecule has 41 heavy (non-hydrogen) atoms. The standard InChI is InChI=1S/C32H33N3O6/c1-38-22-9-10-27-24(16-22)25(17-28(35-27)19-14-29(39-2)31(41-4)30(15-19)40-3)32(37)34-21(11-12-36)13-20-18-33-26-8-6-5-7-23(20)26/h5-10,14-18,21,33,36H,11-13H2,1-4H3,(H,34,37)/t21-/m0/s1. The number of benzene rings is 3. The summed E-state index contributed by atoms with van der Waals surface area (Å²) in [5.41, 5.74) is 4.40. The molecule has 9 heteroatoms. The number of pyridine rings is 1. The number of methoxy groups -OCH3 is 4. The number of aromatic nitrogens is 2. The number of hydrogen-bond acceptors (Lipinski definition) is 7. The van der Waals surface area contributed by atoms with Gasteiger partial charge in [0.25, 0.3) is 5.91 Å². The van der Waals surface area contributed by atoms with Gasteiger partial charge < -0.3 is 34.4 Å². The van der Waals surface area contributed by atoms with E-state index >= 15 is 0 Å². The van der Waals surface area contributed by atoms with Crippen molar-refractivity contribution in [1.82, 2.24) is 15.3 Å². The minimum absolute atomic E-state index is 0.0606. The summed E-state index contributed by atoms with van der Waals surface area (Å²) in [5, 5.41) is 14.7. The monoisotopic (exact) mass is 555 g/mol. The number of nitrogens with zero attached hydrogens (tertiary/aromatic N) is 1. The summed E-state index contributed by atoms with van der Waals surface area (Å²) < 4.78 is 22.0. The van der Waals surface area contributed by atoms with Crippen LogP contribution < -0.4 is 24.3 Å². The van der Waals surface area contributed by atoms with Crippen molar-refractivity contribution in [2.75, 3.05) is 35.0 Å².